The summed E-state index contributed by atoms with van der Waals surface area (Å²) in [4.78, 5) is 16.5. The van der Waals surface area contributed by atoms with E-state index in [0.717, 1.165) is 44.7 Å². The van der Waals surface area contributed by atoms with Crippen molar-refractivity contribution < 1.29 is 0 Å². The lowest BCUT2D eigenvalue weighted by molar-refractivity contribution is 0.312. The number of hydrogen-bond acceptors (Lipinski definition) is 5. The number of piperazine rings is 1. The average molecular weight is 265 g/mol. The van der Waals surface area contributed by atoms with E-state index in [1.165, 1.54) is 4.68 Å². The molecule has 0 spiro atoms. The third kappa shape index (κ3) is 3.78. The lowest BCUT2D eigenvalue weighted by Gasteiger charge is -2.33. The zero-order chi connectivity index (χ0) is 13.7. The molecule has 1 aromatic rings. The molecular weight excluding hydrogens is 242 g/mol. The number of rotatable bonds is 5. The third-order valence-electron chi connectivity index (χ3n) is 3.55. The fraction of sp³-hybridized carbons (Fsp3) is 0.692. The van der Waals surface area contributed by atoms with Gasteiger partial charge in [-0.05, 0) is 26.4 Å². The minimum absolute atomic E-state index is 0.0200. The van der Waals surface area contributed by atoms with E-state index in [9.17, 15) is 4.79 Å². The van der Waals surface area contributed by atoms with Crippen molar-refractivity contribution in [3.63, 3.8) is 0 Å². The van der Waals surface area contributed by atoms with Gasteiger partial charge in [0.1, 0.15) is 0 Å². The third-order valence-corrected chi connectivity index (χ3v) is 3.55. The molecule has 1 aromatic heterocycles. The number of anilines is 1. The molecule has 0 aromatic carbocycles. The van der Waals surface area contributed by atoms with Crippen molar-refractivity contribution in [1.82, 2.24) is 14.7 Å². The van der Waals surface area contributed by atoms with Crippen molar-refractivity contribution in [2.24, 2.45) is 5.73 Å². The first-order chi connectivity index (χ1) is 9.20. The molecule has 106 valence electrons. The van der Waals surface area contributed by atoms with Crippen LogP contribution in [0.3, 0.4) is 0 Å². The molecule has 0 radical (unpaired) electrons. The van der Waals surface area contributed by atoms with Crippen LogP contribution >= 0.6 is 0 Å². The van der Waals surface area contributed by atoms with Gasteiger partial charge in [0.25, 0.3) is 5.56 Å². The molecule has 0 aliphatic carbocycles. The minimum atomic E-state index is -0.0200. The standard InChI is InChI=1S/C13H23N5O/c1-16-6-8-17(9-7-16)12-10-13(19)18(15-11-12)5-3-2-4-14/h10-11H,2-9,14H2,1H3. The molecule has 2 heterocycles. The Bertz CT molecular complexity index is 451. The normalized spacial score (nSPS) is 16.8. The summed E-state index contributed by atoms with van der Waals surface area (Å²) in [7, 11) is 2.12. The zero-order valence-corrected chi connectivity index (χ0v) is 11.6. The molecule has 0 atom stereocenters. The topological polar surface area (TPSA) is 67.4 Å². The smallest absolute Gasteiger partial charge is 0.268 e. The van der Waals surface area contributed by atoms with Crippen molar-refractivity contribution in [1.29, 1.82) is 0 Å². The first-order valence-corrected chi connectivity index (χ1v) is 6.91. The summed E-state index contributed by atoms with van der Waals surface area (Å²) in [6.07, 6.45) is 3.63. The highest BCUT2D eigenvalue weighted by molar-refractivity contribution is 5.43. The highest BCUT2D eigenvalue weighted by Crippen LogP contribution is 2.12. The number of aromatic nitrogens is 2. The average Bonchev–Trinajstić information content (AvgIpc) is 2.42. The Labute approximate surface area is 113 Å². The van der Waals surface area contributed by atoms with Crippen molar-refractivity contribution in [3.05, 3.63) is 22.6 Å². The minimum Gasteiger partial charge on any atom is -0.368 e. The van der Waals surface area contributed by atoms with E-state index in [-0.39, 0.29) is 5.56 Å². The monoisotopic (exact) mass is 265 g/mol. The van der Waals surface area contributed by atoms with E-state index in [0.29, 0.717) is 13.1 Å². The highest BCUT2D eigenvalue weighted by atomic mass is 16.1. The maximum absolute atomic E-state index is 12.0. The second kappa shape index (κ2) is 6.68. The molecular formula is C13H23N5O. The van der Waals surface area contributed by atoms with Gasteiger partial charge in [-0.25, -0.2) is 4.68 Å². The largest absolute Gasteiger partial charge is 0.368 e. The maximum atomic E-state index is 12.0. The summed E-state index contributed by atoms with van der Waals surface area (Å²) >= 11 is 0. The molecule has 2 rings (SSSR count). The molecule has 1 aliphatic heterocycles. The Balaban J connectivity index is 2.00. The van der Waals surface area contributed by atoms with Gasteiger partial charge in [0.05, 0.1) is 11.9 Å². The molecule has 6 heteroatoms. The van der Waals surface area contributed by atoms with Crippen LogP contribution in [0.4, 0.5) is 5.69 Å². The highest BCUT2D eigenvalue weighted by Gasteiger charge is 2.15. The first-order valence-electron chi connectivity index (χ1n) is 6.91. The molecule has 0 unspecified atom stereocenters. The Morgan fingerprint density at radius 3 is 2.63 bits per heavy atom. The van der Waals surface area contributed by atoms with Gasteiger partial charge in [0.2, 0.25) is 0 Å². The van der Waals surface area contributed by atoms with Crippen molar-refractivity contribution in [2.75, 3.05) is 44.7 Å². The Morgan fingerprint density at radius 1 is 1.26 bits per heavy atom. The lowest BCUT2D eigenvalue weighted by atomic mass is 10.3. The SMILES string of the molecule is CN1CCN(c2cnn(CCCCN)c(=O)c2)CC1. The molecule has 1 aliphatic rings. The summed E-state index contributed by atoms with van der Waals surface area (Å²) in [6, 6.07) is 1.70. The summed E-state index contributed by atoms with van der Waals surface area (Å²) in [6.45, 7) is 5.27. The summed E-state index contributed by atoms with van der Waals surface area (Å²) in [5.41, 5.74) is 6.36. The van der Waals surface area contributed by atoms with E-state index in [4.69, 9.17) is 5.73 Å². The molecule has 0 bridgehead atoms. The van der Waals surface area contributed by atoms with Crippen LogP contribution in [0, 0.1) is 0 Å². The van der Waals surface area contributed by atoms with Crippen LogP contribution in [0.25, 0.3) is 0 Å². The van der Waals surface area contributed by atoms with Crippen LogP contribution in [-0.4, -0.2) is 54.5 Å². The van der Waals surface area contributed by atoms with Crippen molar-refractivity contribution in [3.8, 4) is 0 Å². The van der Waals surface area contributed by atoms with E-state index in [1.807, 2.05) is 0 Å². The quantitative estimate of drug-likeness (QED) is 0.743. The van der Waals surface area contributed by atoms with E-state index in [1.54, 1.807) is 12.3 Å². The molecule has 0 saturated carbocycles. The number of unbranched alkanes of at least 4 members (excludes halogenated alkanes) is 1. The molecule has 1 saturated heterocycles. The molecule has 1 fully saturated rings. The van der Waals surface area contributed by atoms with Gasteiger partial charge in [-0.3, -0.25) is 4.79 Å². The van der Waals surface area contributed by atoms with Gasteiger partial charge in [-0.15, -0.1) is 0 Å². The number of nitrogens with zero attached hydrogens (tertiary/aromatic N) is 4. The molecule has 6 nitrogen and oxygen atoms in total. The van der Waals surface area contributed by atoms with E-state index < -0.39 is 0 Å². The predicted molar refractivity (Wildman–Crippen MR) is 76.5 cm³/mol. The Kier molecular flexibility index (Phi) is 4.93. The van der Waals surface area contributed by atoms with E-state index in [2.05, 4.69) is 21.9 Å². The summed E-state index contributed by atoms with van der Waals surface area (Å²) in [5, 5.41) is 4.25. The van der Waals surface area contributed by atoms with Crippen LogP contribution in [0.1, 0.15) is 12.8 Å². The van der Waals surface area contributed by atoms with Crippen molar-refractivity contribution in [2.45, 2.75) is 19.4 Å². The summed E-state index contributed by atoms with van der Waals surface area (Å²) in [5.74, 6) is 0. The number of likely N-dealkylation sites (N-methyl/N-ethyl adjacent to an activating group) is 1. The van der Waals surface area contributed by atoms with Gasteiger partial charge in [0.15, 0.2) is 0 Å². The van der Waals surface area contributed by atoms with Gasteiger partial charge < -0.3 is 15.5 Å². The van der Waals surface area contributed by atoms with Crippen LogP contribution in [0.5, 0.6) is 0 Å². The van der Waals surface area contributed by atoms with Gasteiger partial charge in [-0.2, -0.15) is 5.10 Å². The second-order valence-corrected chi connectivity index (χ2v) is 5.06. The molecule has 0 amide bonds. The zero-order valence-electron chi connectivity index (χ0n) is 11.6. The fourth-order valence-corrected chi connectivity index (χ4v) is 2.24. The first kappa shape index (κ1) is 14.0. The fourth-order valence-electron chi connectivity index (χ4n) is 2.24. The number of aryl methyl sites for hydroxylation is 1. The van der Waals surface area contributed by atoms with Crippen molar-refractivity contribution >= 4 is 5.69 Å². The number of nitrogens with two attached hydrogens (primary N) is 1. The van der Waals surface area contributed by atoms with Crippen LogP contribution < -0.4 is 16.2 Å². The Hall–Kier alpha value is -1.40. The van der Waals surface area contributed by atoms with Crippen LogP contribution in [-0.2, 0) is 6.54 Å². The Morgan fingerprint density at radius 2 is 2.00 bits per heavy atom. The number of hydrogen-bond donors (Lipinski definition) is 1. The van der Waals surface area contributed by atoms with Gasteiger partial charge in [0, 0.05) is 38.8 Å². The lowest BCUT2D eigenvalue weighted by Crippen LogP contribution is -2.45. The molecule has 19 heavy (non-hydrogen) atoms. The van der Waals surface area contributed by atoms with Gasteiger partial charge in [-0.1, -0.05) is 0 Å². The van der Waals surface area contributed by atoms with Crippen LogP contribution in [0.2, 0.25) is 0 Å². The van der Waals surface area contributed by atoms with Crippen LogP contribution in [0.15, 0.2) is 17.1 Å². The predicted octanol–water partition coefficient (Wildman–Crippen LogP) is -0.266. The maximum Gasteiger partial charge on any atom is 0.268 e. The van der Waals surface area contributed by atoms with Gasteiger partial charge >= 0.3 is 0 Å². The second-order valence-electron chi connectivity index (χ2n) is 5.06. The molecule has 2 N–H and O–H groups in total. The van der Waals surface area contributed by atoms with E-state index >= 15 is 0 Å². The summed E-state index contributed by atoms with van der Waals surface area (Å²) < 4.78 is 1.52.